The summed E-state index contributed by atoms with van der Waals surface area (Å²) in [6.45, 7) is 3.16. The summed E-state index contributed by atoms with van der Waals surface area (Å²) in [7, 11) is 0. The van der Waals surface area contributed by atoms with E-state index in [2.05, 4.69) is 31.8 Å². The highest BCUT2D eigenvalue weighted by Gasteiger charge is 2.17. The number of aromatic nitrogens is 6. The molecule has 0 amide bonds. The SMILES string of the molecule is Cc1nnc(Sc2nnnn2CC(=O)O)c(C#N)c1C. The molecule has 9 nitrogen and oxygen atoms in total. The number of hydrogen-bond donors (Lipinski definition) is 1. The van der Waals surface area contributed by atoms with Crippen LogP contribution in [0.5, 0.6) is 0 Å². The van der Waals surface area contributed by atoms with Crippen molar-refractivity contribution >= 4 is 17.7 Å². The monoisotopic (exact) mass is 291 g/mol. The Bertz CT molecular complexity index is 706. The minimum absolute atomic E-state index is 0.237. The Balaban J connectivity index is 2.36. The molecule has 2 heterocycles. The second kappa shape index (κ2) is 5.62. The lowest BCUT2D eigenvalue weighted by molar-refractivity contribution is -0.138. The van der Waals surface area contributed by atoms with Gasteiger partial charge in [-0.15, -0.1) is 10.2 Å². The fraction of sp³-hybridized carbons (Fsp3) is 0.300. The maximum atomic E-state index is 10.7. The van der Waals surface area contributed by atoms with Crippen LogP contribution in [0, 0.1) is 25.2 Å². The van der Waals surface area contributed by atoms with Crippen molar-refractivity contribution in [2.75, 3.05) is 0 Å². The lowest BCUT2D eigenvalue weighted by Gasteiger charge is -2.05. The molecule has 0 aliphatic rings. The standard InChI is InChI=1S/C10H9N7O2S/c1-5-6(2)12-13-9(7(5)3-11)20-10-14-15-16-17(10)4-8(18)19/h4H2,1-2H3,(H,18,19). The van der Waals surface area contributed by atoms with E-state index in [0.29, 0.717) is 16.3 Å². The molecule has 20 heavy (non-hydrogen) atoms. The molecule has 0 aromatic carbocycles. The number of nitrogens with zero attached hydrogens (tertiary/aromatic N) is 7. The first kappa shape index (κ1) is 13.9. The molecule has 2 aromatic rings. The third kappa shape index (κ3) is 2.72. The molecule has 0 unspecified atom stereocenters. The molecule has 1 N–H and O–H groups in total. The zero-order valence-electron chi connectivity index (χ0n) is 10.6. The van der Waals surface area contributed by atoms with Crippen LogP contribution in [0.25, 0.3) is 0 Å². The molecule has 0 saturated carbocycles. The molecule has 2 rings (SSSR count). The van der Waals surface area contributed by atoms with Crippen molar-refractivity contribution in [2.24, 2.45) is 0 Å². The van der Waals surface area contributed by atoms with Crippen LogP contribution in [0.2, 0.25) is 0 Å². The second-order valence-electron chi connectivity index (χ2n) is 3.82. The van der Waals surface area contributed by atoms with Gasteiger partial charge in [0, 0.05) is 0 Å². The van der Waals surface area contributed by atoms with Crippen LogP contribution < -0.4 is 0 Å². The highest BCUT2D eigenvalue weighted by molar-refractivity contribution is 7.99. The summed E-state index contributed by atoms with van der Waals surface area (Å²) in [5.74, 6) is -1.06. The number of nitriles is 1. The first-order chi connectivity index (χ1) is 9.52. The molecule has 0 saturated heterocycles. The van der Waals surface area contributed by atoms with Gasteiger partial charge in [0.2, 0.25) is 5.16 Å². The first-order valence-electron chi connectivity index (χ1n) is 5.42. The summed E-state index contributed by atoms with van der Waals surface area (Å²) in [6.07, 6.45) is 0. The highest BCUT2D eigenvalue weighted by Crippen LogP contribution is 2.28. The third-order valence-corrected chi connectivity index (χ3v) is 3.46. The van der Waals surface area contributed by atoms with Crippen molar-refractivity contribution in [3.05, 3.63) is 16.8 Å². The predicted molar refractivity (Wildman–Crippen MR) is 65.8 cm³/mol. The smallest absolute Gasteiger partial charge is 0.325 e. The van der Waals surface area contributed by atoms with Crippen LogP contribution in [0.4, 0.5) is 0 Å². The zero-order valence-corrected chi connectivity index (χ0v) is 11.4. The van der Waals surface area contributed by atoms with Crippen molar-refractivity contribution in [3.63, 3.8) is 0 Å². The predicted octanol–water partition coefficient (Wildman–Crippen LogP) is 0.187. The van der Waals surface area contributed by atoms with Gasteiger partial charge in [0.1, 0.15) is 17.6 Å². The molecule has 0 aliphatic heterocycles. The molecule has 0 bridgehead atoms. The summed E-state index contributed by atoms with van der Waals surface area (Å²) >= 11 is 1.00. The molecule has 10 heteroatoms. The largest absolute Gasteiger partial charge is 0.480 e. The number of rotatable bonds is 4. The van der Waals surface area contributed by atoms with E-state index < -0.39 is 5.97 Å². The Hall–Kier alpha value is -2.54. The van der Waals surface area contributed by atoms with Gasteiger partial charge < -0.3 is 5.11 Å². The summed E-state index contributed by atoms with van der Waals surface area (Å²) in [5, 5.41) is 37.1. The third-order valence-electron chi connectivity index (χ3n) is 2.51. The Morgan fingerprint density at radius 2 is 2.15 bits per heavy atom. The van der Waals surface area contributed by atoms with Crippen LogP contribution in [-0.2, 0) is 11.3 Å². The second-order valence-corrected chi connectivity index (χ2v) is 4.77. The lowest BCUT2D eigenvalue weighted by Crippen LogP contribution is -2.11. The number of hydrogen-bond acceptors (Lipinski definition) is 8. The van der Waals surface area contributed by atoms with E-state index in [1.165, 1.54) is 0 Å². The molecule has 2 aromatic heterocycles. The minimum Gasteiger partial charge on any atom is -0.480 e. The van der Waals surface area contributed by atoms with E-state index in [9.17, 15) is 10.1 Å². The van der Waals surface area contributed by atoms with E-state index in [4.69, 9.17) is 5.11 Å². The molecule has 0 radical (unpaired) electrons. The maximum absolute atomic E-state index is 10.7. The number of carboxylic acids is 1. The molecule has 0 spiro atoms. The molecule has 0 aliphatic carbocycles. The number of aryl methyl sites for hydroxylation is 1. The van der Waals surface area contributed by atoms with Crippen LogP contribution in [0.1, 0.15) is 16.8 Å². The van der Waals surface area contributed by atoms with E-state index >= 15 is 0 Å². The van der Waals surface area contributed by atoms with Crippen LogP contribution in [0.3, 0.4) is 0 Å². The Labute approximate surface area is 117 Å². The quantitative estimate of drug-likeness (QED) is 0.838. The van der Waals surface area contributed by atoms with Gasteiger partial charge in [-0.3, -0.25) is 4.79 Å². The van der Waals surface area contributed by atoms with E-state index in [-0.39, 0.29) is 11.7 Å². The fourth-order valence-electron chi connectivity index (χ4n) is 1.37. The summed E-state index contributed by atoms with van der Waals surface area (Å²) in [4.78, 5) is 10.7. The normalized spacial score (nSPS) is 10.2. The molecule has 0 fully saturated rings. The van der Waals surface area contributed by atoms with Crippen molar-refractivity contribution in [1.29, 1.82) is 5.26 Å². The van der Waals surface area contributed by atoms with Crippen LogP contribution >= 0.6 is 11.8 Å². The van der Waals surface area contributed by atoms with Crippen molar-refractivity contribution in [2.45, 2.75) is 30.6 Å². The Morgan fingerprint density at radius 1 is 1.40 bits per heavy atom. The van der Waals surface area contributed by atoms with E-state index in [1.54, 1.807) is 13.8 Å². The Morgan fingerprint density at radius 3 is 2.80 bits per heavy atom. The fourth-order valence-corrected chi connectivity index (χ4v) is 2.21. The van der Waals surface area contributed by atoms with Crippen molar-refractivity contribution in [1.82, 2.24) is 30.4 Å². The van der Waals surface area contributed by atoms with E-state index in [1.807, 2.05) is 0 Å². The molecule has 0 atom stereocenters. The van der Waals surface area contributed by atoms with Crippen molar-refractivity contribution in [3.8, 4) is 6.07 Å². The minimum atomic E-state index is -1.06. The highest BCUT2D eigenvalue weighted by atomic mass is 32.2. The maximum Gasteiger partial charge on any atom is 0.325 e. The van der Waals surface area contributed by atoms with Crippen LogP contribution in [-0.4, -0.2) is 41.5 Å². The Kier molecular flexibility index (Phi) is 3.90. The topological polar surface area (TPSA) is 130 Å². The number of carbonyl (C=O) groups is 1. The van der Waals surface area contributed by atoms with Gasteiger partial charge in [-0.05, 0) is 41.6 Å². The molecular weight excluding hydrogens is 282 g/mol. The lowest BCUT2D eigenvalue weighted by atomic mass is 10.1. The zero-order chi connectivity index (χ0) is 14.7. The summed E-state index contributed by atoms with van der Waals surface area (Å²) in [5.41, 5.74) is 1.77. The molecule has 102 valence electrons. The van der Waals surface area contributed by atoms with Gasteiger partial charge in [0.15, 0.2) is 0 Å². The number of aliphatic carboxylic acids is 1. The van der Waals surface area contributed by atoms with Gasteiger partial charge in [-0.2, -0.15) is 10.4 Å². The average Bonchev–Trinajstić information content (AvgIpc) is 2.81. The van der Waals surface area contributed by atoms with Gasteiger partial charge in [0.05, 0.1) is 11.3 Å². The molecular formula is C10H9N7O2S. The summed E-state index contributed by atoms with van der Waals surface area (Å²) in [6, 6.07) is 2.06. The number of carboxylic acid groups (broad SMARTS) is 1. The average molecular weight is 291 g/mol. The number of tetrazole rings is 1. The van der Waals surface area contributed by atoms with Crippen LogP contribution in [0.15, 0.2) is 10.2 Å². The first-order valence-corrected chi connectivity index (χ1v) is 6.24. The van der Waals surface area contributed by atoms with Gasteiger partial charge >= 0.3 is 5.97 Å². The van der Waals surface area contributed by atoms with Crippen molar-refractivity contribution < 1.29 is 9.90 Å². The summed E-state index contributed by atoms with van der Waals surface area (Å²) < 4.78 is 1.12. The van der Waals surface area contributed by atoms with E-state index in [0.717, 1.165) is 22.0 Å². The van der Waals surface area contributed by atoms with Gasteiger partial charge in [-0.25, -0.2) is 4.68 Å². The van der Waals surface area contributed by atoms with Gasteiger partial charge in [0.25, 0.3) is 0 Å². The van der Waals surface area contributed by atoms with Gasteiger partial charge in [-0.1, -0.05) is 0 Å².